The lowest BCUT2D eigenvalue weighted by Gasteiger charge is -2.12. The highest BCUT2D eigenvalue weighted by Gasteiger charge is 2.20. The number of nitrogens with two attached hydrogens (primary N) is 1. The van der Waals surface area contributed by atoms with Crippen LogP contribution in [0.1, 0.15) is 6.92 Å². The summed E-state index contributed by atoms with van der Waals surface area (Å²) >= 11 is 5.69. The first-order valence-corrected chi connectivity index (χ1v) is 6.40. The van der Waals surface area contributed by atoms with Crippen LogP contribution in [0.3, 0.4) is 0 Å². The van der Waals surface area contributed by atoms with Crippen LogP contribution in [-0.2, 0) is 10.0 Å². The number of hydrogen-bond acceptors (Lipinski definition) is 3. The first kappa shape index (κ1) is 13.4. The van der Waals surface area contributed by atoms with Crippen LogP contribution < -0.4 is 10.5 Å². The molecule has 0 aliphatic carbocycles. The Morgan fingerprint density at radius 1 is 1.56 bits per heavy atom. The second-order valence-corrected chi connectivity index (χ2v) is 5.42. The van der Waals surface area contributed by atoms with E-state index in [0.29, 0.717) is 0 Å². The molecule has 1 unspecified atom stereocenters. The van der Waals surface area contributed by atoms with Crippen molar-refractivity contribution in [3.05, 3.63) is 29.0 Å². The molecule has 0 saturated carbocycles. The van der Waals surface area contributed by atoms with Gasteiger partial charge in [-0.3, -0.25) is 0 Å². The van der Waals surface area contributed by atoms with Crippen LogP contribution in [0.5, 0.6) is 0 Å². The van der Waals surface area contributed by atoms with Gasteiger partial charge in [-0.2, -0.15) is 0 Å². The van der Waals surface area contributed by atoms with Crippen LogP contribution in [0, 0.1) is 5.82 Å². The standard InChI is InChI=1S/C9H12ClFN2O2S/c1-6(5-12)13-16(14,15)9-4-7(11)2-3-8(9)10/h2-4,6,13H,5,12H2,1H3. The molecule has 1 aromatic carbocycles. The summed E-state index contributed by atoms with van der Waals surface area (Å²) in [5.41, 5.74) is 5.29. The van der Waals surface area contributed by atoms with Crippen LogP contribution in [0.4, 0.5) is 4.39 Å². The highest BCUT2D eigenvalue weighted by Crippen LogP contribution is 2.22. The molecule has 4 nitrogen and oxygen atoms in total. The fourth-order valence-corrected chi connectivity index (χ4v) is 2.83. The zero-order chi connectivity index (χ0) is 12.3. The Morgan fingerprint density at radius 2 is 2.19 bits per heavy atom. The Labute approximate surface area is 98.6 Å². The molecular weight excluding hydrogens is 255 g/mol. The first-order valence-electron chi connectivity index (χ1n) is 4.54. The van der Waals surface area contributed by atoms with Gasteiger partial charge in [0.15, 0.2) is 0 Å². The first-order chi connectivity index (χ1) is 7.36. The summed E-state index contributed by atoms with van der Waals surface area (Å²) < 4.78 is 38.7. The van der Waals surface area contributed by atoms with Gasteiger partial charge >= 0.3 is 0 Å². The lowest BCUT2D eigenvalue weighted by molar-refractivity contribution is 0.560. The minimum atomic E-state index is -3.83. The summed E-state index contributed by atoms with van der Waals surface area (Å²) in [4.78, 5) is -0.283. The maximum atomic E-state index is 12.9. The van der Waals surface area contributed by atoms with Gasteiger partial charge in [-0.05, 0) is 25.1 Å². The fraction of sp³-hybridized carbons (Fsp3) is 0.333. The van der Waals surface area contributed by atoms with Gasteiger partial charge in [0.25, 0.3) is 0 Å². The fourth-order valence-electron chi connectivity index (χ4n) is 1.06. The predicted octanol–water partition coefficient (Wildman–Crippen LogP) is 1.10. The normalized spacial score (nSPS) is 13.8. The minimum absolute atomic E-state index is 0.0295. The largest absolute Gasteiger partial charge is 0.329 e. The SMILES string of the molecule is CC(CN)NS(=O)(=O)c1cc(F)ccc1Cl. The van der Waals surface area contributed by atoms with Crippen molar-refractivity contribution in [1.82, 2.24) is 4.72 Å². The van der Waals surface area contributed by atoms with Gasteiger partial charge in [0.2, 0.25) is 10.0 Å². The van der Waals surface area contributed by atoms with Crippen molar-refractivity contribution in [2.45, 2.75) is 17.9 Å². The summed E-state index contributed by atoms with van der Waals surface area (Å²) in [5.74, 6) is -0.662. The Kier molecular flexibility index (Phi) is 4.26. The van der Waals surface area contributed by atoms with Crippen LogP contribution in [0.25, 0.3) is 0 Å². The molecule has 3 N–H and O–H groups in total. The Balaban J connectivity index is 3.12. The van der Waals surface area contributed by atoms with Gasteiger partial charge in [0.05, 0.1) is 5.02 Å². The Bertz CT molecular complexity index is 478. The zero-order valence-corrected chi connectivity index (χ0v) is 10.1. The van der Waals surface area contributed by atoms with E-state index < -0.39 is 21.9 Å². The summed E-state index contributed by atoms with van der Waals surface area (Å²) in [7, 11) is -3.83. The van der Waals surface area contributed by atoms with Crippen molar-refractivity contribution in [2.75, 3.05) is 6.54 Å². The molecule has 0 spiro atoms. The number of halogens is 2. The maximum absolute atomic E-state index is 12.9. The van der Waals surface area contributed by atoms with E-state index in [0.717, 1.165) is 12.1 Å². The van der Waals surface area contributed by atoms with Crippen molar-refractivity contribution in [1.29, 1.82) is 0 Å². The Morgan fingerprint density at radius 3 is 2.75 bits per heavy atom. The van der Waals surface area contributed by atoms with E-state index in [9.17, 15) is 12.8 Å². The number of sulfonamides is 1. The minimum Gasteiger partial charge on any atom is -0.329 e. The Hall–Kier alpha value is -0.690. The smallest absolute Gasteiger partial charge is 0.242 e. The zero-order valence-electron chi connectivity index (χ0n) is 8.57. The molecule has 90 valence electrons. The molecule has 0 bridgehead atoms. The summed E-state index contributed by atoms with van der Waals surface area (Å²) in [5, 5.41) is -0.0295. The molecule has 1 aromatic rings. The van der Waals surface area contributed by atoms with Gasteiger partial charge in [0.1, 0.15) is 10.7 Å². The van der Waals surface area contributed by atoms with Crippen LogP contribution in [0.15, 0.2) is 23.1 Å². The van der Waals surface area contributed by atoms with E-state index in [-0.39, 0.29) is 16.5 Å². The lowest BCUT2D eigenvalue weighted by Crippen LogP contribution is -2.37. The van der Waals surface area contributed by atoms with Gasteiger partial charge in [-0.15, -0.1) is 0 Å². The highest BCUT2D eigenvalue weighted by molar-refractivity contribution is 7.89. The predicted molar refractivity (Wildman–Crippen MR) is 60.2 cm³/mol. The number of hydrogen-bond donors (Lipinski definition) is 2. The average molecular weight is 267 g/mol. The molecule has 0 heterocycles. The van der Waals surface area contributed by atoms with Crippen molar-refractivity contribution in [3.63, 3.8) is 0 Å². The van der Waals surface area contributed by atoms with Crippen molar-refractivity contribution < 1.29 is 12.8 Å². The van der Waals surface area contributed by atoms with Gasteiger partial charge in [-0.25, -0.2) is 17.5 Å². The number of rotatable bonds is 4. The van der Waals surface area contributed by atoms with Crippen LogP contribution >= 0.6 is 11.6 Å². The third kappa shape index (κ3) is 3.15. The molecule has 7 heteroatoms. The van der Waals surface area contributed by atoms with E-state index in [1.165, 1.54) is 6.07 Å². The van der Waals surface area contributed by atoms with E-state index in [1.807, 2.05) is 0 Å². The molecule has 0 aliphatic rings. The van der Waals surface area contributed by atoms with E-state index in [4.69, 9.17) is 17.3 Å². The molecule has 1 atom stereocenters. The third-order valence-electron chi connectivity index (χ3n) is 1.89. The van der Waals surface area contributed by atoms with Crippen molar-refractivity contribution in [2.24, 2.45) is 5.73 Å². The van der Waals surface area contributed by atoms with Gasteiger partial charge in [-0.1, -0.05) is 11.6 Å². The molecule has 0 amide bonds. The van der Waals surface area contributed by atoms with E-state index in [2.05, 4.69) is 4.72 Å². The van der Waals surface area contributed by atoms with Crippen LogP contribution in [0.2, 0.25) is 5.02 Å². The monoisotopic (exact) mass is 266 g/mol. The van der Waals surface area contributed by atoms with Gasteiger partial charge in [0, 0.05) is 12.6 Å². The summed E-state index contributed by atoms with van der Waals surface area (Å²) in [6.45, 7) is 1.75. The number of nitrogens with one attached hydrogen (secondary N) is 1. The molecule has 0 radical (unpaired) electrons. The van der Waals surface area contributed by atoms with E-state index >= 15 is 0 Å². The van der Waals surface area contributed by atoms with Crippen molar-refractivity contribution >= 4 is 21.6 Å². The molecule has 16 heavy (non-hydrogen) atoms. The number of benzene rings is 1. The molecule has 0 aromatic heterocycles. The molecular formula is C9H12ClFN2O2S. The second kappa shape index (κ2) is 5.09. The molecule has 0 saturated heterocycles. The molecule has 0 fully saturated rings. The topological polar surface area (TPSA) is 72.2 Å². The molecule has 0 aliphatic heterocycles. The summed E-state index contributed by atoms with van der Waals surface area (Å²) in [6.07, 6.45) is 0. The third-order valence-corrected chi connectivity index (χ3v) is 3.96. The second-order valence-electron chi connectivity index (χ2n) is 3.33. The highest BCUT2D eigenvalue weighted by atomic mass is 35.5. The molecule has 1 rings (SSSR count). The summed E-state index contributed by atoms with van der Waals surface area (Å²) in [6, 6.07) is 2.71. The van der Waals surface area contributed by atoms with Crippen LogP contribution in [-0.4, -0.2) is 21.0 Å². The maximum Gasteiger partial charge on any atom is 0.242 e. The quantitative estimate of drug-likeness (QED) is 0.857. The average Bonchev–Trinajstić information content (AvgIpc) is 2.20. The van der Waals surface area contributed by atoms with Crippen molar-refractivity contribution in [3.8, 4) is 0 Å². The van der Waals surface area contributed by atoms with Gasteiger partial charge < -0.3 is 5.73 Å². The van der Waals surface area contributed by atoms with E-state index in [1.54, 1.807) is 6.92 Å². The lowest BCUT2D eigenvalue weighted by atomic mass is 10.3.